The van der Waals surface area contributed by atoms with Crippen LogP contribution in [-0.2, 0) is 28.6 Å². The van der Waals surface area contributed by atoms with Crippen molar-refractivity contribution >= 4 is 17.7 Å². The molecule has 6 heteroatoms. The number of carbonyl (C=O) groups excluding carboxylic acids is 3. The van der Waals surface area contributed by atoms with E-state index in [0.29, 0.717) is 0 Å². The first-order valence-electron chi connectivity index (χ1n) is 10.7. The monoisotopic (exact) mass is 432 g/mol. The fourth-order valence-electron chi connectivity index (χ4n) is 2.94. The van der Waals surface area contributed by atoms with Gasteiger partial charge in [0.25, 0.3) is 0 Å². The minimum absolute atomic E-state index is 0.139. The molecule has 0 saturated carbocycles. The summed E-state index contributed by atoms with van der Waals surface area (Å²) >= 11 is 0. The predicted molar refractivity (Wildman–Crippen MR) is 120 cm³/mol. The molecule has 0 saturated heterocycles. The highest BCUT2D eigenvalue weighted by atomic mass is 16.7. The van der Waals surface area contributed by atoms with E-state index >= 15 is 0 Å². The molecule has 0 aromatic carbocycles. The molecule has 1 rings (SSSR count). The molecule has 1 aliphatic heterocycles. The molecule has 0 bridgehead atoms. The summed E-state index contributed by atoms with van der Waals surface area (Å²) in [5.41, 5.74) is 3.86. The Hall–Kier alpha value is -2.63. The minimum atomic E-state index is -1.12. The number of allylic oxidation sites excluding steroid dienone is 6. The van der Waals surface area contributed by atoms with Crippen molar-refractivity contribution in [2.45, 2.75) is 85.9 Å². The van der Waals surface area contributed by atoms with Gasteiger partial charge in [-0.15, -0.1) is 0 Å². The van der Waals surface area contributed by atoms with Gasteiger partial charge < -0.3 is 14.2 Å². The summed E-state index contributed by atoms with van der Waals surface area (Å²) in [5, 5.41) is 0. The molecule has 0 spiro atoms. The van der Waals surface area contributed by atoms with Crippen molar-refractivity contribution < 1.29 is 28.6 Å². The van der Waals surface area contributed by atoms with Gasteiger partial charge in [-0.3, -0.25) is 9.59 Å². The van der Waals surface area contributed by atoms with E-state index < -0.39 is 17.7 Å². The van der Waals surface area contributed by atoms with Crippen LogP contribution in [0.25, 0.3) is 0 Å². The summed E-state index contributed by atoms with van der Waals surface area (Å²) in [6.45, 7) is 11.7. The molecule has 0 aromatic heterocycles. The Kier molecular flexibility index (Phi) is 11.0. The van der Waals surface area contributed by atoms with Crippen molar-refractivity contribution in [1.29, 1.82) is 0 Å². The zero-order valence-corrected chi connectivity index (χ0v) is 19.7. The number of esters is 2. The fourth-order valence-corrected chi connectivity index (χ4v) is 2.94. The molecule has 0 radical (unpaired) electrons. The molecule has 0 unspecified atom stereocenters. The maximum Gasteiger partial charge on any atom is 0.337 e. The number of ketones is 1. The highest BCUT2D eigenvalue weighted by Crippen LogP contribution is 2.24. The van der Waals surface area contributed by atoms with Crippen molar-refractivity contribution in [2.75, 3.05) is 6.61 Å². The Morgan fingerprint density at radius 3 is 2.19 bits per heavy atom. The molecule has 0 N–H and O–H groups in total. The molecule has 172 valence electrons. The summed E-state index contributed by atoms with van der Waals surface area (Å²) < 4.78 is 15.5. The van der Waals surface area contributed by atoms with Gasteiger partial charge in [-0.1, -0.05) is 28.9 Å². The van der Waals surface area contributed by atoms with Gasteiger partial charge in [-0.05, 0) is 59.5 Å². The van der Waals surface area contributed by atoms with E-state index in [4.69, 9.17) is 14.2 Å². The van der Waals surface area contributed by atoms with E-state index in [9.17, 15) is 14.4 Å². The van der Waals surface area contributed by atoms with Gasteiger partial charge in [-0.25, -0.2) is 4.79 Å². The molecule has 31 heavy (non-hydrogen) atoms. The summed E-state index contributed by atoms with van der Waals surface area (Å²) in [6.07, 6.45) is 10.9. The molecule has 0 aromatic rings. The van der Waals surface area contributed by atoms with Crippen LogP contribution in [0.2, 0.25) is 0 Å². The maximum absolute atomic E-state index is 12.1. The van der Waals surface area contributed by atoms with Crippen LogP contribution in [0.1, 0.15) is 80.1 Å². The van der Waals surface area contributed by atoms with Crippen LogP contribution in [0.5, 0.6) is 0 Å². The van der Waals surface area contributed by atoms with Crippen molar-refractivity contribution in [3.63, 3.8) is 0 Å². The highest BCUT2D eigenvalue weighted by molar-refractivity contribution is 5.97. The lowest BCUT2D eigenvalue weighted by Gasteiger charge is -2.30. The second-order valence-corrected chi connectivity index (χ2v) is 8.57. The third-order valence-electron chi connectivity index (χ3n) is 4.51. The highest BCUT2D eigenvalue weighted by Gasteiger charge is 2.31. The van der Waals surface area contributed by atoms with E-state index in [0.717, 1.165) is 37.3 Å². The zero-order chi connectivity index (χ0) is 23.4. The SMILES string of the molecule is CC(C)=CCC/C(C)=C/CC/C(C)=C/COC(=O)CC(=O)CC1=CC(=O)OC(C)(C)O1. The first-order chi connectivity index (χ1) is 14.5. The number of Topliss-reactive ketones (excluding diaryl/α,β-unsaturated/α-hetero) is 1. The molecular weight excluding hydrogens is 396 g/mol. The third kappa shape index (κ3) is 12.6. The summed E-state index contributed by atoms with van der Waals surface area (Å²) in [6, 6.07) is 0. The lowest BCUT2D eigenvalue weighted by atomic mass is 10.1. The molecule has 1 aliphatic rings. The van der Waals surface area contributed by atoms with Gasteiger partial charge in [0, 0.05) is 13.8 Å². The molecule has 0 amide bonds. The number of hydrogen-bond acceptors (Lipinski definition) is 6. The third-order valence-corrected chi connectivity index (χ3v) is 4.51. The second-order valence-electron chi connectivity index (χ2n) is 8.57. The zero-order valence-electron chi connectivity index (χ0n) is 19.7. The predicted octanol–water partition coefficient (Wildman–Crippen LogP) is 5.49. The largest absolute Gasteiger partial charge is 0.461 e. The van der Waals surface area contributed by atoms with E-state index in [-0.39, 0.29) is 31.0 Å². The van der Waals surface area contributed by atoms with Crippen LogP contribution in [0.3, 0.4) is 0 Å². The number of ether oxygens (including phenoxy) is 3. The van der Waals surface area contributed by atoms with Crippen molar-refractivity contribution in [1.82, 2.24) is 0 Å². The Balaban J connectivity index is 2.30. The van der Waals surface area contributed by atoms with Crippen LogP contribution < -0.4 is 0 Å². The summed E-state index contributed by atoms with van der Waals surface area (Å²) in [5.74, 6) is -2.47. The average molecular weight is 433 g/mol. The van der Waals surface area contributed by atoms with E-state index in [2.05, 4.69) is 32.9 Å². The van der Waals surface area contributed by atoms with Crippen LogP contribution >= 0.6 is 0 Å². The number of cyclic esters (lactones) is 1. The smallest absolute Gasteiger partial charge is 0.337 e. The molecular formula is C25H36O6. The lowest BCUT2D eigenvalue weighted by molar-refractivity contribution is -0.205. The molecule has 1 heterocycles. The van der Waals surface area contributed by atoms with Gasteiger partial charge in [0.2, 0.25) is 5.79 Å². The molecule has 0 atom stereocenters. The second kappa shape index (κ2) is 12.9. The first-order valence-corrected chi connectivity index (χ1v) is 10.7. The molecule has 0 fully saturated rings. The topological polar surface area (TPSA) is 78.9 Å². The van der Waals surface area contributed by atoms with E-state index in [1.165, 1.54) is 11.1 Å². The van der Waals surface area contributed by atoms with Crippen LogP contribution in [-0.4, -0.2) is 30.1 Å². The number of rotatable bonds is 12. The van der Waals surface area contributed by atoms with Crippen molar-refractivity contribution in [2.24, 2.45) is 0 Å². The Morgan fingerprint density at radius 2 is 1.58 bits per heavy atom. The van der Waals surface area contributed by atoms with Gasteiger partial charge in [0.05, 0.1) is 12.5 Å². The van der Waals surface area contributed by atoms with Crippen molar-refractivity contribution in [3.8, 4) is 0 Å². The van der Waals surface area contributed by atoms with Gasteiger partial charge in [0.1, 0.15) is 18.8 Å². The maximum atomic E-state index is 12.1. The molecule has 6 nitrogen and oxygen atoms in total. The Bertz CT molecular complexity index is 776. The van der Waals surface area contributed by atoms with Crippen molar-refractivity contribution in [3.05, 3.63) is 46.8 Å². The summed E-state index contributed by atoms with van der Waals surface area (Å²) in [4.78, 5) is 35.4. The number of hydrogen-bond donors (Lipinski definition) is 0. The minimum Gasteiger partial charge on any atom is -0.461 e. The Labute approximate surface area is 186 Å². The van der Waals surface area contributed by atoms with Gasteiger partial charge in [-0.2, -0.15) is 0 Å². The number of carbonyl (C=O) groups is 3. The standard InChI is InChI=1S/C25H36O6/c1-18(2)9-7-10-19(3)11-8-12-20(4)13-14-29-23(27)16-21(26)15-22-17-24(28)31-25(5,6)30-22/h9,11,13,17H,7-8,10,12,14-16H2,1-6H3/b19-11+,20-13+. The molecule has 0 aliphatic carbocycles. The van der Waals surface area contributed by atoms with Gasteiger partial charge >= 0.3 is 11.9 Å². The van der Waals surface area contributed by atoms with Gasteiger partial charge in [0.15, 0.2) is 5.78 Å². The Morgan fingerprint density at radius 1 is 0.968 bits per heavy atom. The van der Waals surface area contributed by atoms with Crippen LogP contribution in [0, 0.1) is 0 Å². The normalized spacial score (nSPS) is 16.1. The first kappa shape index (κ1) is 26.4. The average Bonchev–Trinajstić information content (AvgIpc) is 2.59. The van der Waals surface area contributed by atoms with E-state index in [1.807, 2.05) is 13.0 Å². The fraction of sp³-hybridized carbons (Fsp3) is 0.560. The quantitative estimate of drug-likeness (QED) is 0.230. The van der Waals surface area contributed by atoms with Crippen LogP contribution in [0.4, 0.5) is 0 Å². The van der Waals surface area contributed by atoms with E-state index in [1.54, 1.807) is 13.8 Å². The van der Waals surface area contributed by atoms with Crippen LogP contribution in [0.15, 0.2) is 46.8 Å². The lowest BCUT2D eigenvalue weighted by Crippen LogP contribution is -2.34. The summed E-state index contributed by atoms with van der Waals surface area (Å²) in [7, 11) is 0.